The number of nitrogens with one attached hydrogen (secondary N) is 1. The van der Waals surface area contributed by atoms with Crippen LogP contribution in [-0.2, 0) is 6.18 Å². The van der Waals surface area contributed by atoms with Crippen molar-refractivity contribution in [1.29, 1.82) is 5.26 Å². The zero-order chi connectivity index (χ0) is 24.6. The molecule has 0 fully saturated rings. The number of carbonyl (C=O) groups is 1. The van der Waals surface area contributed by atoms with Gasteiger partial charge in [0.2, 0.25) is 0 Å². The summed E-state index contributed by atoms with van der Waals surface area (Å²) in [5.41, 5.74) is -1.17. The maximum Gasteiger partial charge on any atom is 0.434 e. The number of aromatic nitrogens is 6. The Morgan fingerprint density at radius 3 is 2.63 bits per heavy atom. The van der Waals surface area contributed by atoms with Gasteiger partial charge in [0.1, 0.15) is 6.07 Å². The zero-order valence-electron chi connectivity index (χ0n) is 17.6. The maximum atomic E-state index is 14.1. The van der Waals surface area contributed by atoms with E-state index in [4.69, 9.17) is 0 Å². The first-order valence-corrected chi connectivity index (χ1v) is 10.1. The lowest BCUT2D eigenvalue weighted by Crippen LogP contribution is -2.21. The molecular weight excluding hydrogens is 461 g/mol. The monoisotopic (exact) mass is 474 g/mol. The third-order valence-corrected chi connectivity index (χ3v) is 5.20. The van der Waals surface area contributed by atoms with Gasteiger partial charge in [0, 0.05) is 22.7 Å². The molecule has 12 heteroatoms. The summed E-state index contributed by atoms with van der Waals surface area (Å²) in [5.74, 6) is -1.03. The fraction of sp³-hybridized carbons (Fsp3) is 0.0435. The molecule has 3 aromatic heterocycles. The van der Waals surface area contributed by atoms with Crippen LogP contribution >= 0.6 is 0 Å². The number of amides is 1. The number of alkyl halides is 3. The van der Waals surface area contributed by atoms with Crippen LogP contribution in [0.1, 0.15) is 21.6 Å². The van der Waals surface area contributed by atoms with E-state index in [0.717, 1.165) is 6.20 Å². The smallest absolute Gasteiger partial charge is 0.322 e. The first-order chi connectivity index (χ1) is 16.9. The second-order valence-electron chi connectivity index (χ2n) is 7.34. The molecule has 0 unspecified atom stereocenters. The predicted octanol–water partition coefficient (Wildman–Crippen LogP) is 4.14. The molecule has 5 aromatic rings. The summed E-state index contributed by atoms with van der Waals surface area (Å²) >= 11 is 0. The fourth-order valence-corrected chi connectivity index (χ4v) is 3.68. The molecule has 0 aliphatic heterocycles. The van der Waals surface area contributed by atoms with Gasteiger partial charge in [-0.1, -0.05) is 29.5 Å². The average molecular weight is 474 g/mol. The van der Waals surface area contributed by atoms with Gasteiger partial charge in [0.25, 0.3) is 5.91 Å². The summed E-state index contributed by atoms with van der Waals surface area (Å²) in [7, 11) is 0. The van der Waals surface area contributed by atoms with Gasteiger partial charge in [-0.05, 0) is 18.2 Å². The van der Waals surface area contributed by atoms with Crippen LogP contribution in [-0.4, -0.2) is 35.7 Å². The van der Waals surface area contributed by atoms with Crippen molar-refractivity contribution in [2.45, 2.75) is 6.18 Å². The van der Waals surface area contributed by atoms with Gasteiger partial charge < -0.3 is 5.32 Å². The minimum atomic E-state index is -4.89. The molecule has 9 nitrogen and oxygen atoms in total. The predicted molar refractivity (Wildman–Crippen MR) is 118 cm³/mol. The van der Waals surface area contributed by atoms with Crippen molar-refractivity contribution in [1.82, 2.24) is 29.8 Å². The van der Waals surface area contributed by atoms with Gasteiger partial charge >= 0.3 is 6.18 Å². The molecular formula is C23H13F3N8O. The van der Waals surface area contributed by atoms with Crippen molar-refractivity contribution < 1.29 is 18.0 Å². The van der Waals surface area contributed by atoms with Crippen LogP contribution in [0.25, 0.3) is 22.1 Å². The molecule has 1 N–H and O–H groups in total. The summed E-state index contributed by atoms with van der Waals surface area (Å²) in [6, 6.07) is 13.0. The van der Waals surface area contributed by atoms with E-state index >= 15 is 0 Å². The molecule has 0 spiro atoms. The molecule has 35 heavy (non-hydrogen) atoms. The van der Waals surface area contributed by atoms with Gasteiger partial charge in [-0.2, -0.15) is 23.5 Å². The van der Waals surface area contributed by atoms with Gasteiger partial charge in [-0.3, -0.25) is 9.78 Å². The van der Waals surface area contributed by atoms with Crippen LogP contribution in [0.3, 0.4) is 0 Å². The van der Waals surface area contributed by atoms with Crippen molar-refractivity contribution in [3.05, 3.63) is 90.3 Å². The zero-order valence-corrected chi connectivity index (χ0v) is 17.6. The Labute approximate surface area is 195 Å². The molecule has 0 saturated carbocycles. The normalized spacial score (nSPS) is 11.4. The van der Waals surface area contributed by atoms with Crippen molar-refractivity contribution in [3.8, 4) is 17.4 Å². The Balaban J connectivity index is 1.54. The van der Waals surface area contributed by atoms with Gasteiger partial charge in [0.15, 0.2) is 5.69 Å². The topological polar surface area (TPSA) is 114 Å². The maximum absolute atomic E-state index is 14.1. The Bertz CT molecular complexity index is 1590. The first-order valence-electron chi connectivity index (χ1n) is 10.1. The minimum absolute atomic E-state index is 0.0819. The molecule has 2 aromatic carbocycles. The number of carbonyl (C=O) groups excluding carboxylic acids is 1. The molecule has 0 bridgehead atoms. The highest BCUT2D eigenvalue weighted by Crippen LogP contribution is 2.35. The van der Waals surface area contributed by atoms with E-state index in [0.29, 0.717) is 21.1 Å². The van der Waals surface area contributed by atoms with E-state index in [1.165, 1.54) is 47.7 Å². The fourth-order valence-electron chi connectivity index (χ4n) is 3.68. The minimum Gasteiger partial charge on any atom is -0.322 e. The van der Waals surface area contributed by atoms with Crippen molar-refractivity contribution in [2.75, 3.05) is 5.32 Å². The van der Waals surface area contributed by atoms with Crippen LogP contribution in [0, 0.1) is 11.3 Å². The number of anilines is 1. The molecule has 0 aliphatic carbocycles. The number of rotatable bonds is 4. The summed E-state index contributed by atoms with van der Waals surface area (Å²) in [5, 5.41) is 24.4. The number of fused-ring (bicyclic) bond motifs is 1. The first kappa shape index (κ1) is 21.8. The lowest BCUT2D eigenvalue weighted by atomic mass is 10.1. The largest absolute Gasteiger partial charge is 0.434 e. The van der Waals surface area contributed by atoms with E-state index in [2.05, 4.69) is 25.7 Å². The van der Waals surface area contributed by atoms with E-state index in [1.807, 2.05) is 6.07 Å². The van der Waals surface area contributed by atoms with E-state index in [1.54, 1.807) is 24.3 Å². The van der Waals surface area contributed by atoms with Crippen molar-refractivity contribution in [2.24, 2.45) is 0 Å². The van der Waals surface area contributed by atoms with Crippen molar-refractivity contribution in [3.63, 3.8) is 0 Å². The quantitative estimate of drug-likeness (QED) is 0.419. The Morgan fingerprint density at radius 1 is 1.06 bits per heavy atom. The molecule has 172 valence electrons. The summed E-state index contributed by atoms with van der Waals surface area (Å²) in [4.78, 5) is 16.9. The average Bonchev–Trinajstić information content (AvgIpc) is 3.54. The highest BCUT2D eigenvalue weighted by molar-refractivity contribution is 6.05. The highest BCUT2D eigenvalue weighted by Gasteiger charge is 2.41. The van der Waals surface area contributed by atoms with Crippen LogP contribution in [0.4, 0.5) is 18.9 Å². The Hall–Kier alpha value is -5.05. The summed E-state index contributed by atoms with van der Waals surface area (Å²) in [6.45, 7) is 0. The molecule has 5 rings (SSSR count). The molecule has 1 amide bonds. The number of pyridine rings is 1. The van der Waals surface area contributed by atoms with Gasteiger partial charge in [0.05, 0.1) is 47.3 Å². The lowest BCUT2D eigenvalue weighted by Gasteiger charge is -2.14. The van der Waals surface area contributed by atoms with Gasteiger partial charge in [-0.25, -0.2) is 9.36 Å². The second-order valence-corrected chi connectivity index (χ2v) is 7.34. The Kier molecular flexibility index (Phi) is 5.21. The number of nitriles is 1. The molecule has 3 heterocycles. The Morgan fingerprint density at radius 2 is 1.89 bits per heavy atom. The number of nitrogens with zero attached hydrogens (tertiary/aromatic N) is 7. The van der Waals surface area contributed by atoms with E-state index < -0.39 is 23.3 Å². The molecule has 0 saturated heterocycles. The van der Waals surface area contributed by atoms with Crippen LogP contribution in [0.15, 0.2) is 73.4 Å². The highest BCUT2D eigenvalue weighted by atomic mass is 19.4. The number of halogens is 3. The van der Waals surface area contributed by atoms with E-state index in [-0.39, 0.29) is 16.9 Å². The second kappa shape index (κ2) is 8.38. The summed E-state index contributed by atoms with van der Waals surface area (Å²) in [6.07, 6.45) is 1.70. The van der Waals surface area contributed by atoms with Crippen LogP contribution in [0.5, 0.6) is 0 Å². The standard InChI is InChI=1S/C23H13F3N8O/c24-23(25,26)21-18(12-30-34(21)20-13-28-11-14-3-1-2-4-17(14)20)22(35)31-16-5-6-19(15(9-16)10-27)33-8-7-29-32-33/h1-9,11-13H,(H,31,35). The molecule has 0 radical (unpaired) electrons. The van der Waals surface area contributed by atoms with Gasteiger partial charge in [-0.15, -0.1) is 5.10 Å². The lowest BCUT2D eigenvalue weighted by molar-refractivity contribution is -0.143. The number of hydrogen-bond donors (Lipinski definition) is 1. The van der Waals surface area contributed by atoms with E-state index in [9.17, 15) is 23.2 Å². The number of benzene rings is 2. The SMILES string of the molecule is N#Cc1cc(NC(=O)c2cnn(-c3cncc4ccccc34)c2C(F)(F)F)ccc1-n1ccnn1. The molecule has 0 atom stereocenters. The third kappa shape index (κ3) is 3.95. The van der Waals surface area contributed by atoms with Crippen molar-refractivity contribution >= 4 is 22.4 Å². The summed E-state index contributed by atoms with van der Waals surface area (Å²) < 4.78 is 44.4. The van der Waals surface area contributed by atoms with Crippen LogP contribution in [0.2, 0.25) is 0 Å². The third-order valence-electron chi connectivity index (χ3n) is 5.20. The number of hydrogen-bond acceptors (Lipinski definition) is 6. The van der Waals surface area contributed by atoms with Crippen LogP contribution < -0.4 is 5.32 Å². The molecule has 0 aliphatic rings.